The fraction of sp³-hybridized carbons (Fsp3) is 0.273. The fourth-order valence-corrected chi connectivity index (χ4v) is 9.16. The second-order valence-electron chi connectivity index (χ2n) is 20.2. The fourth-order valence-electron chi connectivity index (χ4n) is 9.16. The van der Waals surface area contributed by atoms with E-state index in [0.29, 0.717) is 17.9 Å². The maximum Gasteiger partial charge on any atom is -0.693 e. The van der Waals surface area contributed by atoms with Gasteiger partial charge in [0.25, 0.3) is 47.3 Å². The zero-order valence-electron chi connectivity index (χ0n) is 50.5. The van der Waals surface area contributed by atoms with Crippen LogP contribution in [0.15, 0.2) is 86.1 Å². The Balaban J connectivity index is 0.00000372. The number of aryl methyl sites for hydroxylation is 8. The molecule has 0 spiro atoms. The first-order valence-corrected chi connectivity index (χ1v) is 29.7. The molecule has 0 aliphatic carbocycles. The Labute approximate surface area is 535 Å². The molecule has 0 saturated heterocycles. The van der Waals surface area contributed by atoms with E-state index < -0.39 is 65.0 Å². The Morgan fingerprint density at radius 1 is 0.495 bits per heavy atom. The third kappa shape index (κ3) is 17.2. The summed E-state index contributed by atoms with van der Waals surface area (Å²) >= 11 is 1.61. The van der Waals surface area contributed by atoms with Gasteiger partial charge in [0.05, 0.1) is 28.4 Å². The van der Waals surface area contributed by atoms with Crippen LogP contribution in [0.2, 0.25) is 0 Å². The smallest absolute Gasteiger partial charge is 0.693 e. The average molecular weight is 1460 g/mol. The van der Waals surface area contributed by atoms with E-state index in [2.05, 4.69) is 72.6 Å². The molecule has 8 aromatic rings. The molecule has 0 fully saturated rings. The Bertz CT molecular complexity index is 4040. The topological polar surface area (TPSA) is 467 Å². The molecular weight excluding hydrogens is 1390 g/mol. The van der Waals surface area contributed by atoms with Crippen LogP contribution in [0.1, 0.15) is 104 Å². The molecule has 1 unspecified atom stereocenters. The number of hydrogen-bond donors (Lipinski definition) is 11. The van der Waals surface area contributed by atoms with E-state index in [1.807, 2.05) is 0 Å². The number of hydrogen-bond acceptors (Lipinski definition) is 13. The Kier molecular flexibility index (Phi) is 24.3. The summed E-state index contributed by atoms with van der Waals surface area (Å²) in [5.41, 5.74) is 10.3. The predicted octanol–water partition coefficient (Wildman–Crippen LogP) is 4.96. The van der Waals surface area contributed by atoms with E-state index >= 15 is 0 Å². The van der Waals surface area contributed by atoms with Gasteiger partial charge in [0.1, 0.15) is 34.2 Å². The number of nitrogens with two attached hydrogens (primary N) is 2. The van der Waals surface area contributed by atoms with Crippen molar-refractivity contribution in [1.82, 2.24) is 62.5 Å². The van der Waals surface area contributed by atoms with Gasteiger partial charge in [0.15, 0.2) is 23.1 Å². The van der Waals surface area contributed by atoms with Crippen LogP contribution in [0.25, 0.3) is 18.0 Å². The summed E-state index contributed by atoms with van der Waals surface area (Å²) in [4.78, 5) is 139. The van der Waals surface area contributed by atoms with E-state index in [-0.39, 0.29) is 119 Å². The van der Waals surface area contributed by atoms with Crippen molar-refractivity contribution in [2.24, 2.45) is 56.4 Å². The van der Waals surface area contributed by atoms with E-state index in [4.69, 9.17) is 5.73 Å². The van der Waals surface area contributed by atoms with E-state index in [9.17, 15) is 53.1 Å². The summed E-state index contributed by atoms with van der Waals surface area (Å²) in [6.07, 6.45) is 13.4. The standard InChI is InChI=1S/C55H64N21O11.ClH.2H2N.Pt/c1-10-57-42(77)12-14-60-49(81)36-17-30(23-70(36)3)62-51(83)39-20-32(25-73(39)6)64-52(84)40-21-31(24-74(40)7)63-50(82)38-19-29(22-72(38)5)61-47(79)34(56)11-13-59-48(80)37-18-33(26-71(37)4)65-53(85)43-44(78)35(27-75(43)8)66-55(87)46-67-41(28-76(46)9)68-54(86)45-58-15-16-69(45)2;;;;/h15-28,34,56,78H,10-14H2,1-9H3,(H,57,77)(H,59,80)(H,60,81)(H,61,79)(H,62,83)(H,63,82)(H,64,84)(H,65,85)(H,66,87)(H,68,86);1H;2*1H2;/q-1;;2*-1;+1/p-1. The third-order valence-corrected chi connectivity index (χ3v) is 13.5. The molecule has 0 bridgehead atoms. The third-order valence-electron chi connectivity index (χ3n) is 13.5. The van der Waals surface area contributed by atoms with Crippen molar-refractivity contribution in [2.45, 2.75) is 25.8 Å². The molecule has 0 aromatic carbocycles. The second-order valence-corrected chi connectivity index (χ2v) is 20.2. The average Bonchev–Trinajstić information content (AvgIpc) is 2.39. The molecule has 34 nitrogen and oxygen atoms in total. The number of nitrogens with zero attached hydrogens (tertiary/aromatic N) is 10. The number of amides is 10. The van der Waals surface area contributed by atoms with Crippen LogP contribution < -0.4 is 53.2 Å². The second kappa shape index (κ2) is 31.1. The van der Waals surface area contributed by atoms with E-state index in [0.717, 1.165) is 0 Å². The monoisotopic (exact) mass is 1460 g/mol. The number of anilines is 7. The number of carbonyl (C=O) groups is 10. The summed E-state index contributed by atoms with van der Waals surface area (Å²) in [6, 6.07) is 5.86. The maximum absolute atomic E-state index is 13.5. The van der Waals surface area contributed by atoms with Crippen molar-refractivity contribution in [3.05, 3.63) is 150 Å². The van der Waals surface area contributed by atoms with Gasteiger partial charge >= 0.3 is 28.2 Å². The largest absolute Gasteiger partial charge is 0.693 e. The van der Waals surface area contributed by atoms with E-state index in [1.165, 1.54) is 118 Å². The van der Waals surface area contributed by atoms with Crippen LogP contribution in [0, 0.1) is 0 Å². The van der Waals surface area contributed by atoms with Gasteiger partial charge in [-0.05, 0) is 43.7 Å². The normalized spacial score (nSPS) is 10.9. The predicted molar refractivity (Wildman–Crippen MR) is 334 cm³/mol. The zero-order chi connectivity index (χ0) is 65.1. The van der Waals surface area contributed by atoms with Gasteiger partial charge in [-0.15, -0.1) is 0 Å². The van der Waals surface area contributed by atoms with Crippen molar-refractivity contribution in [2.75, 3.05) is 56.9 Å². The molecule has 8 heterocycles. The molecule has 0 radical (unpaired) electrons. The van der Waals surface area contributed by atoms with Gasteiger partial charge in [0.2, 0.25) is 17.6 Å². The number of carbonyl (C=O) groups excluding carboxylic acids is 10. The molecular formula is C55H68ClN23O11Pt-3. The number of nitrogens with one attached hydrogen (secondary N) is 11. The van der Waals surface area contributed by atoms with Gasteiger partial charge in [-0.3, -0.25) is 47.9 Å². The summed E-state index contributed by atoms with van der Waals surface area (Å²) < 4.78 is 11.6. The summed E-state index contributed by atoms with van der Waals surface area (Å²) in [6.45, 7) is 2.32. The molecule has 36 heteroatoms. The Hall–Kier alpha value is -10.5. The number of rotatable bonds is 23. The zero-order valence-corrected chi connectivity index (χ0v) is 53.6. The van der Waals surface area contributed by atoms with Crippen LogP contribution >= 0.6 is 9.42 Å². The Morgan fingerprint density at radius 2 is 0.912 bits per heavy atom. The van der Waals surface area contributed by atoms with Crippen LogP contribution in [-0.2, 0) is 84.7 Å². The minimum absolute atomic E-state index is 0. The first kappa shape index (κ1) is 71.2. The van der Waals surface area contributed by atoms with Crippen molar-refractivity contribution >= 4 is 108 Å². The van der Waals surface area contributed by atoms with Gasteiger partial charge in [-0.2, -0.15) is 0 Å². The molecule has 16 N–H and O–H groups in total. The summed E-state index contributed by atoms with van der Waals surface area (Å²) in [5, 5.41) is 37.7. The van der Waals surface area contributed by atoms with Crippen molar-refractivity contribution < 1.29 is 71.8 Å². The van der Waals surface area contributed by atoms with Crippen molar-refractivity contribution in [1.29, 1.82) is 0 Å². The molecule has 10 amide bonds. The molecule has 0 saturated carbocycles. The number of imidazole rings is 2. The molecule has 8 aromatic heterocycles. The van der Waals surface area contributed by atoms with Gasteiger partial charge in [-0.25, -0.2) is 9.97 Å². The minimum atomic E-state index is -1.35. The minimum Gasteiger partial charge on any atom is -0.693 e. The molecule has 0 aliphatic rings. The van der Waals surface area contributed by atoms with Crippen LogP contribution in [0.3, 0.4) is 0 Å². The SMILES string of the molecule is CCNC(=O)CCNC(=O)c1cc(NC(=O)c2cc(NC(=O)c3cc(NC(=O)c4cc(NC(=O)C([NH-])CCNC(=O)c5cc(NC(=O)c6c(O)c(NC(=O)c7nc(NC(=O)c8nccn8C)cn7C)cn6C)cn5C)cn4C)cn3C)cn2C)cn1C.[Cl][Pt].[NH2-].[NH2-]. The molecule has 489 valence electrons. The first-order chi connectivity index (χ1) is 42.3. The van der Waals surface area contributed by atoms with Crippen LogP contribution in [0.4, 0.5) is 39.9 Å². The molecule has 0 aliphatic heterocycles. The van der Waals surface area contributed by atoms with Crippen molar-refractivity contribution in [3.63, 3.8) is 0 Å². The number of aromatic hydroxyl groups is 1. The van der Waals surface area contributed by atoms with Crippen molar-refractivity contribution in [3.8, 4) is 5.75 Å². The van der Waals surface area contributed by atoms with Crippen LogP contribution in [0.5, 0.6) is 5.75 Å². The maximum atomic E-state index is 13.5. The molecule has 91 heavy (non-hydrogen) atoms. The quantitative estimate of drug-likeness (QED) is 0.0404. The first-order valence-electron chi connectivity index (χ1n) is 26.8. The van der Waals surface area contributed by atoms with Gasteiger partial charge in [-0.1, -0.05) is 6.04 Å². The Morgan fingerprint density at radius 3 is 1.35 bits per heavy atom. The van der Waals surface area contributed by atoms with Gasteiger partial charge < -0.3 is 113 Å². The summed E-state index contributed by atoms with van der Waals surface area (Å²) in [7, 11) is 17.3. The van der Waals surface area contributed by atoms with Gasteiger partial charge in [0, 0.05) is 138 Å². The number of halogens is 1. The molecule has 8 rings (SSSR count). The molecule has 1 atom stereocenters. The van der Waals surface area contributed by atoms with E-state index in [1.54, 1.807) is 86.6 Å². The summed E-state index contributed by atoms with van der Waals surface area (Å²) in [5.74, 6) is -6.13. The van der Waals surface area contributed by atoms with Crippen LogP contribution in [-0.4, -0.2) is 136 Å². The number of aromatic nitrogens is 10.